The average molecular weight is 362 g/mol. The first-order valence-corrected chi connectivity index (χ1v) is 7.22. The van der Waals surface area contributed by atoms with Gasteiger partial charge in [-0.3, -0.25) is 9.35 Å². The molecule has 9 nitrogen and oxygen atoms in total. The number of benzene rings is 2. The summed E-state index contributed by atoms with van der Waals surface area (Å²) in [6, 6.07) is 12.4. The topological polar surface area (TPSA) is 184 Å². The number of carbonyl (C=O) groups excluding carboxylic acids is 1. The number of hydrogen-bond donors (Lipinski definition) is 1. The third kappa shape index (κ3) is 5.95. The van der Waals surface area contributed by atoms with Gasteiger partial charge in [0.1, 0.15) is 5.75 Å². The molecule has 0 saturated heterocycles. The van der Waals surface area contributed by atoms with Gasteiger partial charge in [-0.15, -0.1) is 0 Å². The molecule has 0 aliphatic rings. The van der Waals surface area contributed by atoms with Crippen LogP contribution in [0.2, 0.25) is 0 Å². The summed E-state index contributed by atoms with van der Waals surface area (Å²) in [7, 11) is -3.37. The first-order chi connectivity index (χ1) is 9.90. The SMILES string of the molecule is COc1ccc(C(=O)c2ccccc2)c(OS(=O)(=O)O)c1.O.O.O. The molecular weight excluding hydrogens is 344 g/mol. The lowest BCUT2D eigenvalue weighted by molar-refractivity contribution is 0.103. The summed E-state index contributed by atoms with van der Waals surface area (Å²) in [6.07, 6.45) is 0. The Bertz CT molecular complexity index is 757. The van der Waals surface area contributed by atoms with Gasteiger partial charge in [-0.1, -0.05) is 30.3 Å². The molecule has 0 unspecified atom stereocenters. The Morgan fingerprint density at radius 2 is 1.58 bits per heavy atom. The molecule has 0 heterocycles. The molecule has 0 aliphatic heterocycles. The second-order valence-corrected chi connectivity index (χ2v) is 5.09. The van der Waals surface area contributed by atoms with Crippen LogP contribution in [0.15, 0.2) is 48.5 Å². The molecule has 10 heteroatoms. The van der Waals surface area contributed by atoms with E-state index in [1.54, 1.807) is 30.3 Å². The molecule has 0 aromatic heterocycles. The van der Waals surface area contributed by atoms with Crippen LogP contribution in [0.3, 0.4) is 0 Å². The summed E-state index contributed by atoms with van der Waals surface area (Å²) in [6.45, 7) is 0. The normalized spacial score (nSPS) is 9.58. The van der Waals surface area contributed by atoms with E-state index in [1.807, 2.05) is 0 Å². The lowest BCUT2D eigenvalue weighted by atomic mass is 10.0. The van der Waals surface area contributed by atoms with Gasteiger partial charge in [0.25, 0.3) is 0 Å². The Kier molecular flexibility index (Phi) is 9.50. The van der Waals surface area contributed by atoms with Crippen molar-refractivity contribution in [3.8, 4) is 11.5 Å². The molecule has 0 amide bonds. The minimum Gasteiger partial charge on any atom is -0.497 e. The van der Waals surface area contributed by atoms with Crippen LogP contribution < -0.4 is 8.92 Å². The predicted molar refractivity (Wildman–Crippen MR) is 85.9 cm³/mol. The zero-order valence-corrected chi connectivity index (χ0v) is 13.3. The standard InChI is InChI=1S/C14H12O6S.3H2O/c1-19-11-7-8-12(13(9-11)20-21(16,17)18)14(15)10-5-3-2-4-6-10;;;/h2-9H,1H3,(H,16,17,18);3*1H2. The number of hydrogen-bond acceptors (Lipinski definition) is 5. The van der Waals surface area contributed by atoms with Crippen LogP contribution in [-0.4, -0.2) is 42.3 Å². The van der Waals surface area contributed by atoms with E-state index in [1.165, 1.54) is 25.3 Å². The van der Waals surface area contributed by atoms with Crippen molar-refractivity contribution in [2.75, 3.05) is 7.11 Å². The third-order valence-corrected chi connectivity index (χ3v) is 3.05. The Hall–Kier alpha value is -2.50. The van der Waals surface area contributed by atoms with E-state index in [0.29, 0.717) is 11.3 Å². The summed E-state index contributed by atoms with van der Waals surface area (Å²) in [5.74, 6) is -0.444. The van der Waals surface area contributed by atoms with Crippen LogP contribution in [0.4, 0.5) is 0 Å². The molecule has 0 saturated carbocycles. The van der Waals surface area contributed by atoms with E-state index in [0.717, 1.165) is 0 Å². The summed E-state index contributed by atoms with van der Waals surface area (Å²) in [5.41, 5.74) is 0.363. The summed E-state index contributed by atoms with van der Waals surface area (Å²) in [4.78, 5) is 12.4. The molecule has 2 aromatic carbocycles. The van der Waals surface area contributed by atoms with Crippen molar-refractivity contribution in [1.29, 1.82) is 0 Å². The van der Waals surface area contributed by atoms with E-state index in [4.69, 9.17) is 9.29 Å². The van der Waals surface area contributed by atoms with Gasteiger partial charge in [-0.05, 0) is 12.1 Å². The van der Waals surface area contributed by atoms with Crippen LogP contribution in [0.25, 0.3) is 0 Å². The maximum Gasteiger partial charge on any atom is 0.446 e. The number of methoxy groups -OCH3 is 1. The molecule has 7 N–H and O–H groups in total. The van der Waals surface area contributed by atoms with Crippen molar-refractivity contribution in [2.24, 2.45) is 0 Å². The van der Waals surface area contributed by atoms with E-state index in [9.17, 15) is 13.2 Å². The largest absolute Gasteiger partial charge is 0.497 e. The number of carbonyl (C=O) groups is 1. The molecule has 0 radical (unpaired) electrons. The first-order valence-electron chi connectivity index (χ1n) is 5.85. The molecule has 0 aliphatic carbocycles. The highest BCUT2D eigenvalue weighted by Crippen LogP contribution is 2.28. The average Bonchev–Trinajstić information content (AvgIpc) is 2.45. The van der Waals surface area contributed by atoms with Crippen molar-refractivity contribution in [2.45, 2.75) is 0 Å². The lowest BCUT2D eigenvalue weighted by Gasteiger charge is -2.10. The maximum absolute atomic E-state index is 12.4. The zero-order valence-electron chi connectivity index (χ0n) is 12.5. The second kappa shape index (κ2) is 9.60. The summed E-state index contributed by atoms with van der Waals surface area (Å²) >= 11 is 0. The monoisotopic (exact) mass is 362 g/mol. The van der Waals surface area contributed by atoms with Crippen molar-refractivity contribution >= 4 is 16.2 Å². The van der Waals surface area contributed by atoms with Crippen molar-refractivity contribution in [3.05, 3.63) is 59.7 Å². The molecule has 0 atom stereocenters. The van der Waals surface area contributed by atoms with Crippen LogP contribution >= 0.6 is 0 Å². The summed E-state index contributed by atoms with van der Waals surface area (Å²) < 4.78 is 40.0. The highest BCUT2D eigenvalue weighted by atomic mass is 32.3. The molecule has 0 fully saturated rings. The van der Waals surface area contributed by atoms with E-state index in [-0.39, 0.29) is 27.7 Å². The molecule has 2 rings (SSSR count). The van der Waals surface area contributed by atoms with Crippen molar-refractivity contribution in [3.63, 3.8) is 0 Å². The fourth-order valence-electron chi connectivity index (χ4n) is 1.74. The summed E-state index contributed by atoms with van der Waals surface area (Å²) in [5, 5.41) is 0. The van der Waals surface area contributed by atoms with Gasteiger partial charge in [-0.25, -0.2) is 0 Å². The van der Waals surface area contributed by atoms with E-state index in [2.05, 4.69) is 4.18 Å². The fourth-order valence-corrected chi connectivity index (χ4v) is 2.11. The Morgan fingerprint density at radius 3 is 2.08 bits per heavy atom. The van der Waals surface area contributed by atoms with Crippen molar-refractivity contribution in [1.82, 2.24) is 0 Å². The van der Waals surface area contributed by atoms with E-state index >= 15 is 0 Å². The molecule has 0 spiro atoms. The smallest absolute Gasteiger partial charge is 0.446 e. The van der Waals surface area contributed by atoms with Gasteiger partial charge < -0.3 is 25.3 Å². The lowest BCUT2D eigenvalue weighted by Crippen LogP contribution is -2.11. The Morgan fingerprint density at radius 1 is 1.00 bits per heavy atom. The Labute approximate surface area is 138 Å². The number of rotatable bonds is 5. The Balaban J connectivity index is 0. The molecule has 134 valence electrons. The highest BCUT2D eigenvalue weighted by molar-refractivity contribution is 7.81. The molecule has 0 bridgehead atoms. The van der Waals surface area contributed by atoms with Gasteiger partial charge in [0.05, 0.1) is 12.7 Å². The number of ether oxygens (including phenoxy) is 1. The zero-order chi connectivity index (χ0) is 15.5. The number of ketones is 1. The quantitative estimate of drug-likeness (QED) is 0.558. The van der Waals surface area contributed by atoms with Crippen LogP contribution in [0, 0.1) is 0 Å². The van der Waals surface area contributed by atoms with Gasteiger partial charge in [-0.2, -0.15) is 8.42 Å². The van der Waals surface area contributed by atoms with Crippen LogP contribution in [0.5, 0.6) is 11.5 Å². The van der Waals surface area contributed by atoms with Crippen molar-refractivity contribution < 1.29 is 43.1 Å². The van der Waals surface area contributed by atoms with Gasteiger partial charge >= 0.3 is 10.4 Å². The van der Waals surface area contributed by atoms with Gasteiger partial charge in [0.2, 0.25) is 0 Å². The van der Waals surface area contributed by atoms with Gasteiger partial charge in [0, 0.05) is 11.6 Å². The molecule has 2 aromatic rings. The second-order valence-electron chi connectivity index (χ2n) is 4.07. The fraction of sp³-hybridized carbons (Fsp3) is 0.0714. The highest BCUT2D eigenvalue weighted by Gasteiger charge is 2.19. The maximum atomic E-state index is 12.4. The van der Waals surface area contributed by atoms with Crippen LogP contribution in [0.1, 0.15) is 15.9 Å². The molecule has 24 heavy (non-hydrogen) atoms. The first kappa shape index (κ1) is 23.8. The van der Waals surface area contributed by atoms with Crippen LogP contribution in [-0.2, 0) is 10.4 Å². The predicted octanol–water partition coefficient (Wildman–Crippen LogP) is -0.366. The van der Waals surface area contributed by atoms with E-state index < -0.39 is 16.2 Å². The minimum atomic E-state index is -4.75. The third-order valence-electron chi connectivity index (χ3n) is 2.66. The minimum absolute atomic E-state index is 0. The molecular formula is C14H18O9S. The van der Waals surface area contributed by atoms with Gasteiger partial charge in [0.15, 0.2) is 11.5 Å².